The first-order valence-corrected chi connectivity index (χ1v) is 12.2. The van der Waals surface area contributed by atoms with E-state index in [-0.39, 0.29) is 0 Å². The van der Waals surface area contributed by atoms with E-state index in [1.807, 2.05) is 13.8 Å². The average molecular weight is 417 g/mol. The minimum absolute atomic E-state index is 0.374. The van der Waals surface area contributed by atoms with E-state index in [0.717, 1.165) is 29.9 Å². The van der Waals surface area contributed by atoms with E-state index in [1.54, 1.807) is 5.57 Å². The monoisotopic (exact) mass is 416 g/mol. The van der Waals surface area contributed by atoms with E-state index in [4.69, 9.17) is 0 Å². The fourth-order valence-corrected chi connectivity index (χ4v) is 6.74. The van der Waals surface area contributed by atoms with Gasteiger partial charge in [0.05, 0.1) is 17.8 Å². The molecule has 0 spiro atoms. The van der Waals surface area contributed by atoms with Gasteiger partial charge in [-0.2, -0.15) is 0 Å². The molecule has 3 fully saturated rings. The van der Waals surface area contributed by atoms with Gasteiger partial charge in [0.1, 0.15) is 0 Å². The first kappa shape index (κ1) is 23.8. The van der Waals surface area contributed by atoms with Crippen molar-refractivity contribution in [2.45, 2.75) is 110 Å². The minimum atomic E-state index is -0.615. The van der Waals surface area contributed by atoms with E-state index < -0.39 is 17.8 Å². The summed E-state index contributed by atoms with van der Waals surface area (Å²) in [6, 6.07) is 0. The number of fused-ring (bicyclic) bond motifs is 1. The van der Waals surface area contributed by atoms with Crippen LogP contribution in [0.15, 0.2) is 35.5 Å². The van der Waals surface area contributed by atoms with E-state index in [0.29, 0.717) is 30.1 Å². The van der Waals surface area contributed by atoms with Crippen molar-refractivity contribution in [1.82, 2.24) is 0 Å². The Balaban J connectivity index is 1.70. The lowest BCUT2D eigenvalue weighted by molar-refractivity contribution is 0.0596. The molecular formula is C27H44O3. The normalized spacial score (nSPS) is 38.8. The summed E-state index contributed by atoms with van der Waals surface area (Å²) in [7, 11) is 0. The molecule has 0 amide bonds. The van der Waals surface area contributed by atoms with Gasteiger partial charge < -0.3 is 15.3 Å². The van der Waals surface area contributed by atoms with Gasteiger partial charge in [0, 0.05) is 6.42 Å². The third-order valence-electron chi connectivity index (χ3n) is 8.44. The Morgan fingerprint density at radius 2 is 1.97 bits per heavy atom. The molecule has 0 aromatic rings. The van der Waals surface area contributed by atoms with Gasteiger partial charge in [-0.3, -0.25) is 0 Å². The quantitative estimate of drug-likeness (QED) is 0.520. The van der Waals surface area contributed by atoms with Gasteiger partial charge in [0.25, 0.3) is 0 Å². The Morgan fingerprint density at radius 1 is 1.23 bits per heavy atom. The molecule has 6 atom stereocenters. The molecule has 0 heterocycles. The summed E-state index contributed by atoms with van der Waals surface area (Å²) in [6.45, 7) is 12.8. The van der Waals surface area contributed by atoms with Crippen molar-refractivity contribution in [2.24, 2.45) is 23.2 Å². The number of rotatable bonds is 6. The Labute approximate surface area is 184 Å². The summed E-state index contributed by atoms with van der Waals surface area (Å²) in [6.07, 6.45) is 13.9. The zero-order valence-electron chi connectivity index (χ0n) is 19.7. The maximum Gasteiger partial charge on any atom is 0.0811 e. The molecule has 3 N–H and O–H groups in total. The largest absolute Gasteiger partial charge is 0.393 e. The van der Waals surface area contributed by atoms with Crippen LogP contribution in [0.2, 0.25) is 0 Å². The highest BCUT2D eigenvalue weighted by Crippen LogP contribution is 2.60. The van der Waals surface area contributed by atoms with Crippen LogP contribution >= 0.6 is 0 Å². The number of hydrogen-bond acceptors (Lipinski definition) is 3. The van der Waals surface area contributed by atoms with Crippen molar-refractivity contribution in [3.8, 4) is 0 Å². The Hall–Kier alpha value is -0.900. The average Bonchev–Trinajstić information content (AvgIpc) is 3.00. The highest BCUT2D eigenvalue weighted by atomic mass is 16.3. The molecule has 0 radical (unpaired) electrons. The van der Waals surface area contributed by atoms with E-state index in [1.165, 1.54) is 38.5 Å². The zero-order chi connectivity index (χ0) is 22.1. The summed E-state index contributed by atoms with van der Waals surface area (Å²) in [5.41, 5.74) is 3.17. The van der Waals surface area contributed by atoms with Crippen LogP contribution in [0.5, 0.6) is 0 Å². The third-order valence-corrected chi connectivity index (χ3v) is 8.44. The summed E-state index contributed by atoms with van der Waals surface area (Å²) in [4.78, 5) is 0. The number of aliphatic hydroxyl groups is 3. The molecule has 0 aliphatic heterocycles. The zero-order valence-corrected chi connectivity index (χ0v) is 19.7. The number of hydrogen-bond donors (Lipinski definition) is 3. The van der Waals surface area contributed by atoms with Crippen molar-refractivity contribution < 1.29 is 15.3 Å². The smallest absolute Gasteiger partial charge is 0.0811 e. The van der Waals surface area contributed by atoms with E-state index >= 15 is 0 Å². The maximum absolute atomic E-state index is 10.1. The topological polar surface area (TPSA) is 60.7 Å². The highest BCUT2D eigenvalue weighted by molar-refractivity contribution is 5.38. The van der Waals surface area contributed by atoms with Crippen LogP contribution in [0.25, 0.3) is 0 Å². The Bertz CT molecular complexity index is 683. The minimum Gasteiger partial charge on any atom is -0.393 e. The first-order valence-electron chi connectivity index (χ1n) is 12.2. The molecule has 2 unspecified atom stereocenters. The lowest BCUT2D eigenvalue weighted by Gasteiger charge is -2.44. The molecule has 3 rings (SSSR count). The predicted octanol–water partition coefficient (Wildman–Crippen LogP) is 5.70. The predicted molar refractivity (Wildman–Crippen MR) is 124 cm³/mol. The van der Waals surface area contributed by atoms with Gasteiger partial charge >= 0.3 is 0 Å². The van der Waals surface area contributed by atoms with Crippen LogP contribution in [0.3, 0.4) is 0 Å². The van der Waals surface area contributed by atoms with Crippen LogP contribution in [0.4, 0.5) is 0 Å². The van der Waals surface area contributed by atoms with Crippen LogP contribution in [-0.4, -0.2) is 33.1 Å². The molecule has 0 aromatic carbocycles. The molecule has 0 saturated heterocycles. The van der Waals surface area contributed by atoms with E-state index in [2.05, 4.69) is 32.6 Å². The van der Waals surface area contributed by atoms with Gasteiger partial charge in [-0.1, -0.05) is 51.0 Å². The van der Waals surface area contributed by atoms with Gasteiger partial charge in [-0.15, -0.1) is 0 Å². The van der Waals surface area contributed by atoms with Crippen LogP contribution in [0, 0.1) is 23.2 Å². The lowest BCUT2D eigenvalue weighted by atomic mass is 9.60. The van der Waals surface area contributed by atoms with Crippen molar-refractivity contribution in [3.05, 3.63) is 35.5 Å². The molecular weight excluding hydrogens is 372 g/mol. The van der Waals surface area contributed by atoms with Gasteiger partial charge in [-0.05, 0) is 93.1 Å². The fraction of sp³-hybridized carbons (Fsp3) is 0.778. The van der Waals surface area contributed by atoms with Gasteiger partial charge in [-0.25, -0.2) is 0 Å². The molecule has 0 aromatic heterocycles. The third kappa shape index (κ3) is 5.29. The number of aliphatic hydroxyl groups excluding tert-OH is 2. The second kappa shape index (κ2) is 9.30. The molecule has 0 bridgehead atoms. The summed E-state index contributed by atoms with van der Waals surface area (Å²) in [5, 5.41) is 30.2. The molecule has 30 heavy (non-hydrogen) atoms. The van der Waals surface area contributed by atoms with Crippen molar-refractivity contribution >= 4 is 0 Å². The second-order valence-corrected chi connectivity index (χ2v) is 11.3. The summed E-state index contributed by atoms with van der Waals surface area (Å²) in [5.74, 6) is 2.11. The fourth-order valence-electron chi connectivity index (χ4n) is 6.74. The molecule has 170 valence electrons. The first-order chi connectivity index (χ1) is 14.0. The lowest BCUT2D eigenvalue weighted by Crippen LogP contribution is -2.36. The van der Waals surface area contributed by atoms with Crippen molar-refractivity contribution in [1.29, 1.82) is 0 Å². The highest BCUT2D eigenvalue weighted by Gasteiger charge is 2.50. The molecule has 3 heteroatoms. The second-order valence-electron chi connectivity index (χ2n) is 11.3. The summed E-state index contributed by atoms with van der Waals surface area (Å²) >= 11 is 0. The molecule has 3 saturated carbocycles. The van der Waals surface area contributed by atoms with Crippen LogP contribution in [0.1, 0.15) is 91.9 Å². The number of allylic oxidation sites excluding steroid dienone is 3. The van der Waals surface area contributed by atoms with Crippen molar-refractivity contribution in [3.63, 3.8) is 0 Å². The summed E-state index contributed by atoms with van der Waals surface area (Å²) < 4.78 is 0. The van der Waals surface area contributed by atoms with Gasteiger partial charge in [0.2, 0.25) is 0 Å². The van der Waals surface area contributed by atoms with Crippen molar-refractivity contribution in [2.75, 3.05) is 0 Å². The molecule has 3 nitrogen and oxygen atoms in total. The van der Waals surface area contributed by atoms with Crippen LogP contribution < -0.4 is 0 Å². The Morgan fingerprint density at radius 3 is 2.67 bits per heavy atom. The molecule has 3 aliphatic rings. The SMILES string of the molecule is C=C1/C(=C/C=C2\CCC[C@@]3(C)C2CC[C@@H]3[C@H](C)CCCC(C)(C)O)C[C@@H](O)CC1O. The van der Waals surface area contributed by atoms with Gasteiger partial charge in [0.15, 0.2) is 0 Å². The standard InChI is InChI=1S/C27H44O3/c1-18(8-6-14-26(3,4)30)23-12-13-24-20(9-7-15-27(23,24)5)10-11-21-16-22(28)17-25(29)19(21)2/h10-11,18,22-25,28-30H,2,6-9,12-17H2,1,3-5H3/b20-10+,21-11+/t18-,22-,23-,24?,25?,27-/m1/s1. The Kier molecular flexibility index (Phi) is 7.37. The molecule has 3 aliphatic carbocycles. The maximum atomic E-state index is 10.1. The van der Waals surface area contributed by atoms with Crippen LogP contribution in [-0.2, 0) is 0 Å². The van der Waals surface area contributed by atoms with E-state index in [9.17, 15) is 15.3 Å².